The maximum absolute atomic E-state index is 3.53. The van der Waals surface area contributed by atoms with Gasteiger partial charge in [0, 0.05) is 0 Å². The summed E-state index contributed by atoms with van der Waals surface area (Å²) < 4.78 is 0. The van der Waals surface area contributed by atoms with Crippen molar-refractivity contribution in [2.75, 3.05) is 0 Å². The largest absolute Gasteiger partial charge is 0.198 e. The molecule has 1 aliphatic carbocycles. The maximum atomic E-state index is 3.53. The van der Waals surface area contributed by atoms with Gasteiger partial charge in [0.15, 0.2) is 20.8 Å². The lowest BCUT2D eigenvalue weighted by Crippen LogP contribution is -2.05. The second-order valence-electron chi connectivity index (χ2n) is 2.70. The minimum atomic E-state index is 0.969. The zero-order chi connectivity index (χ0) is 5.98. The van der Waals surface area contributed by atoms with Crippen LogP contribution in [0.3, 0.4) is 0 Å². The van der Waals surface area contributed by atoms with Gasteiger partial charge in [-0.15, -0.1) is 0 Å². The molecule has 0 nitrogen and oxygen atoms in total. The molecule has 0 heterocycles. The minimum Gasteiger partial charge on any atom is -0.0622 e. The van der Waals surface area contributed by atoms with Gasteiger partial charge < -0.3 is 0 Å². The van der Waals surface area contributed by atoms with Crippen LogP contribution in [0.2, 0.25) is 0 Å². The normalized spacial score (nSPS) is 24.0. The Hall–Kier alpha value is 0.350. The Morgan fingerprint density at radius 2 is 1.88 bits per heavy atom. The highest BCUT2D eigenvalue weighted by Gasteiger charge is 2.24. The molecule has 0 aromatic heterocycles. The highest BCUT2D eigenvalue weighted by molar-refractivity contribution is 9.11. The Balaban J connectivity index is 2.19. The van der Waals surface area contributed by atoms with E-state index in [0.29, 0.717) is 0 Å². The Morgan fingerprint density at radius 1 is 1.38 bits per heavy atom. The van der Waals surface area contributed by atoms with E-state index in [0.717, 1.165) is 5.92 Å². The average Bonchev–Trinajstić information content (AvgIpc) is 1.77. The van der Waals surface area contributed by atoms with Crippen LogP contribution in [0.4, 0.5) is 0 Å². The summed E-state index contributed by atoms with van der Waals surface area (Å²) in [6.07, 6.45) is 5.39. The van der Waals surface area contributed by atoms with Crippen molar-refractivity contribution in [3.63, 3.8) is 0 Å². The zero-order valence-electron chi connectivity index (χ0n) is 5.28. The summed E-state index contributed by atoms with van der Waals surface area (Å²) in [5.74, 6) is 0.969. The third kappa shape index (κ3) is 1.70. The molecule has 1 heteroatoms. The SMILES string of the molecule is CC1CC[C+](Br)CC1. The zero-order valence-corrected chi connectivity index (χ0v) is 6.87. The van der Waals surface area contributed by atoms with E-state index in [1.807, 2.05) is 0 Å². The van der Waals surface area contributed by atoms with E-state index in [9.17, 15) is 0 Å². The second kappa shape index (κ2) is 2.77. The molecule has 1 saturated carbocycles. The van der Waals surface area contributed by atoms with E-state index in [2.05, 4.69) is 22.9 Å². The molecule has 0 atom stereocenters. The van der Waals surface area contributed by atoms with Gasteiger partial charge in [0.1, 0.15) is 12.8 Å². The molecule has 0 bridgehead atoms. The smallest absolute Gasteiger partial charge is 0.0622 e. The summed E-state index contributed by atoms with van der Waals surface area (Å²) >= 11 is 3.53. The minimum absolute atomic E-state index is 0.969. The third-order valence-electron chi connectivity index (χ3n) is 1.82. The van der Waals surface area contributed by atoms with Crippen molar-refractivity contribution in [3.05, 3.63) is 4.83 Å². The number of hydrogen-bond donors (Lipinski definition) is 0. The molecule has 0 amide bonds. The topological polar surface area (TPSA) is 0 Å². The van der Waals surface area contributed by atoms with E-state index in [4.69, 9.17) is 0 Å². The van der Waals surface area contributed by atoms with E-state index in [1.165, 1.54) is 30.5 Å². The summed E-state index contributed by atoms with van der Waals surface area (Å²) in [4.78, 5) is 1.52. The van der Waals surface area contributed by atoms with Crippen molar-refractivity contribution in [1.29, 1.82) is 0 Å². The first kappa shape index (κ1) is 6.47. The molecular weight excluding hydrogens is 164 g/mol. The molecule has 1 fully saturated rings. The molecule has 0 N–H and O–H groups in total. The molecule has 0 aromatic carbocycles. The molecule has 0 spiro atoms. The van der Waals surface area contributed by atoms with Crippen LogP contribution in [0, 0.1) is 10.7 Å². The van der Waals surface area contributed by atoms with Gasteiger partial charge in [0.05, 0.1) is 0 Å². The van der Waals surface area contributed by atoms with Crippen LogP contribution in [0.5, 0.6) is 0 Å². The Bertz CT molecular complexity index is 52.8. The number of halogens is 1. The summed E-state index contributed by atoms with van der Waals surface area (Å²) in [7, 11) is 0. The van der Waals surface area contributed by atoms with Crippen molar-refractivity contribution in [2.45, 2.75) is 32.6 Å². The van der Waals surface area contributed by atoms with Crippen LogP contribution in [-0.4, -0.2) is 0 Å². The molecule has 0 radical (unpaired) electrons. The van der Waals surface area contributed by atoms with Crippen LogP contribution in [0.25, 0.3) is 0 Å². The van der Waals surface area contributed by atoms with Gasteiger partial charge in [-0.25, -0.2) is 0 Å². The molecule has 8 heavy (non-hydrogen) atoms. The molecule has 0 aromatic rings. The fraction of sp³-hybridized carbons (Fsp3) is 0.857. The molecule has 0 unspecified atom stereocenters. The van der Waals surface area contributed by atoms with Gasteiger partial charge in [-0.1, -0.05) is 6.92 Å². The van der Waals surface area contributed by atoms with E-state index >= 15 is 0 Å². The molecule has 0 aliphatic heterocycles. The van der Waals surface area contributed by atoms with Crippen molar-refractivity contribution in [3.8, 4) is 0 Å². The molecule has 0 saturated heterocycles. The third-order valence-corrected chi connectivity index (χ3v) is 2.61. The van der Waals surface area contributed by atoms with Crippen molar-refractivity contribution in [1.82, 2.24) is 0 Å². The van der Waals surface area contributed by atoms with Gasteiger partial charge in [0.2, 0.25) is 0 Å². The van der Waals surface area contributed by atoms with Crippen LogP contribution in [0.15, 0.2) is 0 Å². The summed E-state index contributed by atoms with van der Waals surface area (Å²) in [5.41, 5.74) is 0. The average molecular weight is 176 g/mol. The van der Waals surface area contributed by atoms with Gasteiger partial charge in [-0.2, -0.15) is 0 Å². The fourth-order valence-corrected chi connectivity index (χ4v) is 1.53. The lowest BCUT2D eigenvalue weighted by molar-refractivity contribution is 0.433. The lowest BCUT2D eigenvalue weighted by Gasteiger charge is -2.12. The van der Waals surface area contributed by atoms with Crippen LogP contribution < -0.4 is 0 Å². The summed E-state index contributed by atoms with van der Waals surface area (Å²) in [5, 5.41) is 0. The Kier molecular flexibility index (Phi) is 2.24. The van der Waals surface area contributed by atoms with Crippen molar-refractivity contribution in [2.24, 2.45) is 5.92 Å². The van der Waals surface area contributed by atoms with Gasteiger partial charge in [-0.3, -0.25) is 0 Å². The fourth-order valence-electron chi connectivity index (χ4n) is 1.08. The van der Waals surface area contributed by atoms with Crippen molar-refractivity contribution < 1.29 is 0 Å². The van der Waals surface area contributed by atoms with Crippen molar-refractivity contribution >= 4 is 15.9 Å². The molecule has 1 rings (SSSR count). The first-order valence-electron chi connectivity index (χ1n) is 3.29. The van der Waals surface area contributed by atoms with Gasteiger partial charge in [0.25, 0.3) is 0 Å². The maximum Gasteiger partial charge on any atom is 0.198 e. The quantitative estimate of drug-likeness (QED) is 0.497. The first-order valence-corrected chi connectivity index (χ1v) is 4.08. The van der Waals surface area contributed by atoms with E-state index in [1.54, 1.807) is 0 Å². The van der Waals surface area contributed by atoms with Gasteiger partial charge >= 0.3 is 0 Å². The van der Waals surface area contributed by atoms with E-state index in [-0.39, 0.29) is 0 Å². The predicted molar refractivity (Wildman–Crippen MR) is 39.8 cm³/mol. The predicted octanol–water partition coefficient (Wildman–Crippen LogP) is 3.12. The van der Waals surface area contributed by atoms with Crippen LogP contribution >= 0.6 is 15.9 Å². The molecule has 46 valence electrons. The van der Waals surface area contributed by atoms with E-state index < -0.39 is 0 Å². The van der Waals surface area contributed by atoms with Crippen LogP contribution in [-0.2, 0) is 0 Å². The highest BCUT2D eigenvalue weighted by Crippen LogP contribution is 2.33. The standard InChI is InChI=1S/C7H12Br/c1-6-2-4-7(8)5-3-6/h6H,2-5H2,1H3/q+1. The Labute approximate surface area is 59.8 Å². The molecular formula is C7H12Br+. The number of rotatable bonds is 0. The number of hydrogen-bond acceptors (Lipinski definition) is 0. The lowest BCUT2D eigenvalue weighted by atomic mass is 9.91. The highest BCUT2D eigenvalue weighted by atomic mass is 79.9. The summed E-state index contributed by atoms with van der Waals surface area (Å²) in [6, 6.07) is 0. The molecule has 1 aliphatic rings. The monoisotopic (exact) mass is 175 g/mol. The second-order valence-corrected chi connectivity index (χ2v) is 3.82. The van der Waals surface area contributed by atoms with Crippen LogP contribution in [0.1, 0.15) is 32.6 Å². The van der Waals surface area contributed by atoms with Gasteiger partial charge in [-0.05, 0) is 18.8 Å². The summed E-state index contributed by atoms with van der Waals surface area (Å²) in [6.45, 7) is 2.33. The first-order chi connectivity index (χ1) is 3.79. The Morgan fingerprint density at radius 3 is 2.25 bits per heavy atom.